The normalized spacial score (nSPS) is 11.9. The molecular formula is C14H19NO4S. The van der Waals surface area contributed by atoms with Crippen LogP contribution in [0.15, 0.2) is 23.1 Å². The highest BCUT2D eigenvalue weighted by Gasteiger charge is 2.21. The van der Waals surface area contributed by atoms with Crippen molar-refractivity contribution in [3.63, 3.8) is 0 Å². The van der Waals surface area contributed by atoms with Gasteiger partial charge in [0.25, 0.3) is 5.91 Å². The van der Waals surface area contributed by atoms with Crippen LogP contribution in [0.4, 0.5) is 0 Å². The van der Waals surface area contributed by atoms with Gasteiger partial charge in [-0.2, -0.15) is 0 Å². The summed E-state index contributed by atoms with van der Waals surface area (Å²) >= 11 is 1.53. The number of carboxylic acid groups (broad SMARTS) is 1. The standard InChI is InChI=1S/C14H19NO4S/c1-9-4-5-10(20-3)8-11(9)13(16)15-12(14(17)18)6-7-19-2/h4-5,8,12H,6-7H2,1-3H3,(H,15,16)(H,17,18). The van der Waals surface area contributed by atoms with Crippen molar-refractivity contribution < 1.29 is 19.4 Å². The number of aliphatic carboxylic acids is 1. The lowest BCUT2D eigenvalue weighted by Gasteiger charge is -2.15. The van der Waals surface area contributed by atoms with Gasteiger partial charge < -0.3 is 15.2 Å². The first-order chi connectivity index (χ1) is 9.49. The van der Waals surface area contributed by atoms with E-state index in [0.717, 1.165) is 10.5 Å². The fourth-order valence-corrected chi connectivity index (χ4v) is 2.14. The van der Waals surface area contributed by atoms with E-state index in [9.17, 15) is 9.59 Å². The number of nitrogens with one attached hydrogen (secondary N) is 1. The fraction of sp³-hybridized carbons (Fsp3) is 0.429. The van der Waals surface area contributed by atoms with E-state index in [-0.39, 0.29) is 18.9 Å². The first-order valence-electron chi connectivity index (χ1n) is 6.16. The van der Waals surface area contributed by atoms with Crippen molar-refractivity contribution in [3.05, 3.63) is 29.3 Å². The molecule has 6 heteroatoms. The highest BCUT2D eigenvalue weighted by molar-refractivity contribution is 7.98. The van der Waals surface area contributed by atoms with Gasteiger partial charge in [-0.05, 0) is 30.9 Å². The number of hydrogen-bond acceptors (Lipinski definition) is 4. The smallest absolute Gasteiger partial charge is 0.326 e. The molecule has 0 bridgehead atoms. The topological polar surface area (TPSA) is 75.6 Å². The number of ether oxygens (including phenoxy) is 1. The summed E-state index contributed by atoms with van der Waals surface area (Å²) in [5, 5.41) is 11.6. The summed E-state index contributed by atoms with van der Waals surface area (Å²) in [5.41, 5.74) is 1.32. The average molecular weight is 297 g/mol. The van der Waals surface area contributed by atoms with Crippen LogP contribution in [0.3, 0.4) is 0 Å². The number of benzene rings is 1. The van der Waals surface area contributed by atoms with E-state index in [1.807, 2.05) is 25.3 Å². The zero-order chi connectivity index (χ0) is 15.1. The second kappa shape index (κ2) is 7.91. The molecular weight excluding hydrogens is 278 g/mol. The maximum absolute atomic E-state index is 12.2. The Hall–Kier alpha value is -1.53. The molecule has 1 atom stereocenters. The Morgan fingerprint density at radius 1 is 1.45 bits per heavy atom. The van der Waals surface area contributed by atoms with Gasteiger partial charge in [0.2, 0.25) is 0 Å². The van der Waals surface area contributed by atoms with Gasteiger partial charge in [0, 0.05) is 30.6 Å². The predicted molar refractivity (Wildman–Crippen MR) is 78.3 cm³/mol. The van der Waals surface area contributed by atoms with Crippen LogP contribution in [0.5, 0.6) is 0 Å². The number of rotatable bonds is 7. The number of carboxylic acids is 1. The lowest BCUT2D eigenvalue weighted by Crippen LogP contribution is -2.41. The largest absolute Gasteiger partial charge is 0.480 e. The molecule has 5 nitrogen and oxygen atoms in total. The molecule has 0 fully saturated rings. The maximum atomic E-state index is 12.2. The molecule has 1 amide bonds. The summed E-state index contributed by atoms with van der Waals surface area (Å²) in [6, 6.07) is 4.60. The fourth-order valence-electron chi connectivity index (χ4n) is 1.70. The van der Waals surface area contributed by atoms with E-state index < -0.39 is 12.0 Å². The number of aryl methyl sites for hydroxylation is 1. The van der Waals surface area contributed by atoms with Crippen molar-refractivity contribution in [1.29, 1.82) is 0 Å². The monoisotopic (exact) mass is 297 g/mol. The first kappa shape index (κ1) is 16.5. The molecule has 0 saturated carbocycles. The molecule has 0 saturated heterocycles. The molecule has 0 spiro atoms. The number of carbonyl (C=O) groups excluding carboxylic acids is 1. The summed E-state index contributed by atoms with van der Waals surface area (Å²) in [7, 11) is 1.49. The van der Waals surface area contributed by atoms with Crippen molar-refractivity contribution >= 4 is 23.6 Å². The number of methoxy groups -OCH3 is 1. The minimum Gasteiger partial charge on any atom is -0.480 e. The van der Waals surface area contributed by atoms with Crippen molar-refractivity contribution in [2.24, 2.45) is 0 Å². The quantitative estimate of drug-likeness (QED) is 0.752. The lowest BCUT2D eigenvalue weighted by atomic mass is 10.1. The Bertz CT molecular complexity index is 490. The Labute approximate surface area is 122 Å². The molecule has 1 unspecified atom stereocenters. The molecule has 0 aliphatic rings. The minimum atomic E-state index is -1.06. The van der Waals surface area contributed by atoms with Crippen molar-refractivity contribution in [1.82, 2.24) is 5.32 Å². The second-order valence-corrected chi connectivity index (χ2v) is 5.21. The number of carbonyl (C=O) groups is 2. The summed E-state index contributed by atoms with van der Waals surface area (Å²) < 4.78 is 4.85. The zero-order valence-electron chi connectivity index (χ0n) is 11.8. The summed E-state index contributed by atoms with van der Waals surface area (Å²) in [5.74, 6) is -1.43. The van der Waals surface area contributed by atoms with Gasteiger partial charge in [0.15, 0.2) is 0 Å². The van der Waals surface area contributed by atoms with E-state index in [4.69, 9.17) is 9.84 Å². The highest BCUT2D eigenvalue weighted by atomic mass is 32.2. The number of hydrogen-bond donors (Lipinski definition) is 2. The van der Waals surface area contributed by atoms with Crippen molar-refractivity contribution in [3.8, 4) is 0 Å². The molecule has 20 heavy (non-hydrogen) atoms. The Morgan fingerprint density at radius 3 is 2.70 bits per heavy atom. The molecule has 0 radical (unpaired) electrons. The van der Waals surface area contributed by atoms with Crippen LogP contribution in [-0.4, -0.2) is 43.0 Å². The summed E-state index contributed by atoms with van der Waals surface area (Å²) in [4.78, 5) is 24.3. The molecule has 0 aliphatic heterocycles. The van der Waals surface area contributed by atoms with Gasteiger partial charge in [-0.25, -0.2) is 4.79 Å². The molecule has 0 aliphatic carbocycles. The zero-order valence-corrected chi connectivity index (χ0v) is 12.6. The van der Waals surface area contributed by atoms with E-state index in [1.54, 1.807) is 6.07 Å². The third-order valence-corrected chi connectivity index (χ3v) is 3.63. The summed E-state index contributed by atoms with van der Waals surface area (Å²) in [6.07, 6.45) is 2.16. The van der Waals surface area contributed by atoms with E-state index >= 15 is 0 Å². The van der Waals surface area contributed by atoms with Crippen molar-refractivity contribution in [2.45, 2.75) is 24.3 Å². The molecule has 2 N–H and O–H groups in total. The molecule has 1 aromatic carbocycles. The second-order valence-electron chi connectivity index (χ2n) is 4.33. The van der Waals surface area contributed by atoms with Gasteiger partial charge in [-0.1, -0.05) is 6.07 Å². The van der Waals surface area contributed by atoms with Crippen LogP contribution in [0.1, 0.15) is 22.3 Å². The molecule has 110 valence electrons. The predicted octanol–water partition coefficient (Wildman–Crippen LogP) is 1.94. The molecule has 1 rings (SSSR count). The van der Waals surface area contributed by atoms with Gasteiger partial charge >= 0.3 is 5.97 Å². The van der Waals surface area contributed by atoms with Crippen LogP contribution in [0, 0.1) is 6.92 Å². The van der Waals surface area contributed by atoms with E-state index in [2.05, 4.69) is 5.32 Å². The Morgan fingerprint density at radius 2 is 2.15 bits per heavy atom. The van der Waals surface area contributed by atoms with Crippen LogP contribution >= 0.6 is 11.8 Å². The average Bonchev–Trinajstić information content (AvgIpc) is 2.43. The molecule has 0 heterocycles. The third-order valence-electron chi connectivity index (χ3n) is 2.90. The van der Waals surface area contributed by atoms with Gasteiger partial charge in [0.1, 0.15) is 6.04 Å². The highest BCUT2D eigenvalue weighted by Crippen LogP contribution is 2.19. The Kier molecular flexibility index (Phi) is 6.54. The van der Waals surface area contributed by atoms with Crippen LogP contribution in [0.25, 0.3) is 0 Å². The van der Waals surface area contributed by atoms with E-state index in [1.165, 1.54) is 18.9 Å². The van der Waals surface area contributed by atoms with Gasteiger partial charge in [-0.15, -0.1) is 11.8 Å². The SMILES string of the molecule is COCCC(NC(=O)c1cc(SC)ccc1C)C(=O)O. The summed E-state index contributed by atoms with van der Waals surface area (Å²) in [6.45, 7) is 2.10. The lowest BCUT2D eigenvalue weighted by molar-refractivity contribution is -0.139. The maximum Gasteiger partial charge on any atom is 0.326 e. The first-order valence-corrected chi connectivity index (χ1v) is 7.39. The van der Waals surface area contributed by atoms with Crippen LogP contribution in [0.2, 0.25) is 0 Å². The third kappa shape index (κ3) is 4.54. The van der Waals surface area contributed by atoms with Crippen LogP contribution < -0.4 is 5.32 Å². The van der Waals surface area contributed by atoms with Gasteiger partial charge in [0.05, 0.1) is 0 Å². The van der Waals surface area contributed by atoms with Gasteiger partial charge in [-0.3, -0.25) is 4.79 Å². The number of thioether (sulfide) groups is 1. The Balaban J connectivity index is 2.85. The van der Waals surface area contributed by atoms with E-state index in [0.29, 0.717) is 5.56 Å². The molecule has 0 aromatic heterocycles. The minimum absolute atomic E-state index is 0.235. The molecule has 1 aromatic rings. The number of amides is 1. The van der Waals surface area contributed by atoms with Crippen molar-refractivity contribution in [2.75, 3.05) is 20.0 Å². The van der Waals surface area contributed by atoms with Crippen LogP contribution in [-0.2, 0) is 9.53 Å².